The Morgan fingerprint density at radius 1 is 1.30 bits per heavy atom. The van der Waals surface area contributed by atoms with Crippen LogP contribution in [0.25, 0.3) is 11.5 Å². The summed E-state index contributed by atoms with van der Waals surface area (Å²) in [7, 11) is 2.12. The Morgan fingerprint density at radius 3 is 2.87 bits per heavy atom. The fourth-order valence-electron chi connectivity index (χ4n) is 2.29. The lowest BCUT2D eigenvalue weighted by molar-refractivity contribution is 0.289. The molecule has 7 heteroatoms. The van der Waals surface area contributed by atoms with Crippen LogP contribution in [0.1, 0.15) is 38.4 Å². The first-order valence-corrected chi connectivity index (χ1v) is 8.79. The molecule has 0 unspecified atom stereocenters. The maximum atomic E-state index is 5.88. The first-order chi connectivity index (χ1) is 11.1. The molecule has 0 fully saturated rings. The highest BCUT2D eigenvalue weighted by molar-refractivity contribution is 7.13. The largest absolute Gasteiger partial charge is 0.458 e. The number of nitrogens with zero attached hydrogens (tertiary/aromatic N) is 3. The Hall–Kier alpha value is -1.86. The smallest absolute Gasteiger partial charge is 0.212 e. The zero-order valence-electron chi connectivity index (χ0n) is 13.8. The van der Waals surface area contributed by atoms with E-state index < -0.39 is 0 Å². The molecule has 0 atom stereocenters. The minimum absolute atomic E-state index is 0.00994. The first-order valence-electron chi connectivity index (χ1n) is 7.91. The van der Waals surface area contributed by atoms with Crippen LogP contribution in [-0.2, 0) is 6.54 Å². The van der Waals surface area contributed by atoms with Gasteiger partial charge in [-0.1, -0.05) is 26.2 Å². The van der Waals surface area contributed by atoms with E-state index >= 15 is 0 Å². The van der Waals surface area contributed by atoms with Crippen molar-refractivity contribution in [2.24, 2.45) is 16.5 Å². The van der Waals surface area contributed by atoms with Gasteiger partial charge in [-0.05, 0) is 32.1 Å². The predicted molar refractivity (Wildman–Crippen MR) is 95.8 cm³/mol. The molecule has 0 aliphatic heterocycles. The van der Waals surface area contributed by atoms with E-state index in [4.69, 9.17) is 15.9 Å². The third kappa shape index (κ3) is 5.69. The predicted octanol–water partition coefficient (Wildman–Crippen LogP) is 3.32. The van der Waals surface area contributed by atoms with Gasteiger partial charge in [0.15, 0.2) is 11.7 Å². The van der Waals surface area contributed by atoms with Gasteiger partial charge in [0.05, 0.1) is 6.54 Å². The van der Waals surface area contributed by atoms with E-state index in [9.17, 15) is 0 Å². The highest BCUT2D eigenvalue weighted by atomic mass is 32.1. The number of aliphatic imine (C=N–C) groups is 1. The van der Waals surface area contributed by atoms with Crippen molar-refractivity contribution in [1.82, 2.24) is 9.88 Å². The molecule has 0 saturated carbocycles. The normalized spacial score (nSPS) is 11.1. The van der Waals surface area contributed by atoms with Crippen LogP contribution in [-0.4, -0.2) is 29.4 Å². The Bertz CT molecular complexity index is 630. The lowest BCUT2D eigenvalue weighted by Gasteiger charge is -2.14. The second-order valence-corrected chi connectivity index (χ2v) is 6.45. The molecule has 0 amide bonds. The molecule has 0 aliphatic rings. The molecule has 0 bridgehead atoms. The number of guanidine groups is 1. The summed E-state index contributed by atoms with van der Waals surface area (Å²) >= 11 is 1.38. The van der Waals surface area contributed by atoms with Crippen LogP contribution < -0.4 is 11.5 Å². The summed E-state index contributed by atoms with van der Waals surface area (Å²) in [5.74, 6) is 1.69. The van der Waals surface area contributed by atoms with Crippen molar-refractivity contribution in [3.8, 4) is 11.5 Å². The van der Waals surface area contributed by atoms with E-state index in [-0.39, 0.29) is 5.96 Å². The van der Waals surface area contributed by atoms with E-state index in [1.54, 1.807) is 0 Å². The fourth-order valence-corrected chi connectivity index (χ4v) is 2.99. The summed E-state index contributed by atoms with van der Waals surface area (Å²) in [4.78, 5) is 10.6. The molecule has 0 radical (unpaired) electrons. The van der Waals surface area contributed by atoms with Gasteiger partial charge in [0.1, 0.15) is 11.5 Å². The summed E-state index contributed by atoms with van der Waals surface area (Å²) in [5.41, 5.74) is 11.5. The van der Waals surface area contributed by atoms with Gasteiger partial charge in [-0.15, -0.1) is 11.3 Å². The molecule has 2 heterocycles. The molecule has 2 rings (SSSR count). The number of rotatable bonds is 9. The second-order valence-electron chi connectivity index (χ2n) is 5.62. The number of furan rings is 1. The van der Waals surface area contributed by atoms with Gasteiger partial charge in [0.25, 0.3) is 0 Å². The highest BCUT2D eigenvalue weighted by Crippen LogP contribution is 2.28. The standard InChI is InChI=1S/C16H25N5OS/c1-3-4-5-6-9-21(2)10-12-7-8-14(22-12)13-11-23-16(19-13)20-15(17)18/h7-8,11H,3-6,9-10H2,1-2H3,(H4,17,18,19,20). The molecule has 4 N–H and O–H groups in total. The summed E-state index contributed by atoms with van der Waals surface area (Å²) in [6.45, 7) is 4.11. The van der Waals surface area contributed by atoms with E-state index in [0.29, 0.717) is 5.13 Å². The molecule has 0 spiro atoms. The summed E-state index contributed by atoms with van der Waals surface area (Å²) in [6, 6.07) is 3.94. The Labute approximate surface area is 141 Å². The summed E-state index contributed by atoms with van der Waals surface area (Å²) < 4.78 is 5.88. The van der Waals surface area contributed by atoms with Crippen molar-refractivity contribution in [2.45, 2.75) is 39.2 Å². The van der Waals surface area contributed by atoms with Crippen LogP contribution in [0, 0.1) is 0 Å². The zero-order chi connectivity index (χ0) is 16.7. The van der Waals surface area contributed by atoms with Crippen molar-refractivity contribution in [2.75, 3.05) is 13.6 Å². The molecule has 0 aromatic carbocycles. The van der Waals surface area contributed by atoms with Crippen molar-refractivity contribution in [1.29, 1.82) is 0 Å². The van der Waals surface area contributed by atoms with Gasteiger partial charge in [0, 0.05) is 5.38 Å². The number of thiazole rings is 1. The van der Waals surface area contributed by atoms with Gasteiger partial charge in [-0.3, -0.25) is 4.90 Å². The van der Waals surface area contributed by atoms with Gasteiger partial charge in [-0.25, -0.2) is 4.98 Å². The molecule has 23 heavy (non-hydrogen) atoms. The molecule has 0 aliphatic carbocycles. The first kappa shape index (κ1) is 17.5. The van der Waals surface area contributed by atoms with E-state index in [2.05, 4.69) is 28.8 Å². The van der Waals surface area contributed by atoms with Crippen LogP contribution >= 0.6 is 11.3 Å². The lowest BCUT2D eigenvalue weighted by atomic mass is 10.2. The molecule has 6 nitrogen and oxygen atoms in total. The average Bonchev–Trinajstić information content (AvgIpc) is 3.12. The molecule has 2 aromatic rings. The topological polar surface area (TPSA) is 93.7 Å². The van der Waals surface area contributed by atoms with Gasteiger partial charge >= 0.3 is 0 Å². The Kier molecular flexibility index (Phi) is 6.61. The SMILES string of the molecule is CCCCCCN(C)Cc1ccc(-c2csc(N=C(N)N)n2)o1. The van der Waals surface area contributed by atoms with E-state index in [1.165, 1.54) is 37.0 Å². The zero-order valence-corrected chi connectivity index (χ0v) is 14.6. The Balaban J connectivity index is 1.90. The van der Waals surface area contributed by atoms with Crippen molar-refractivity contribution >= 4 is 22.4 Å². The molecule has 0 saturated heterocycles. The summed E-state index contributed by atoms with van der Waals surface area (Å²) in [6.07, 6.45) is 5.09. The number of nitrogens with two attached hydrogens (primary N) is 2. The monoisotopic (exact) mass is 335 g/mol. The fraction of sp³-hybridized carbons (Fsp3) is 0.500. The lowest BCUT2D eigenvalue weighted by Crippen LogP contribution is -2.21. The number of aromatic nitrogens is 1. The van der Waals surface area contributed by atoms with Crippen LogP contribution in [0.4, 0.5) is 5.13 Å². The second kappa shape index (κ2) is 8.69. The highest BCUT2D eigenvalue weighted by Gasteiger charge is 2.10. The molecular formula is C16H25N5OS. The third-order valence-electron chi connectivity index (χ3n) is 3.45. The van der Waals surface area contributed by atoms with E-state index in [1.807, 2.05) is 17.5 Å². The quantitative estimate of drug-likeness (QED) is 0.416. The van der Waals surface area contributed by atoms with Crippen LogP contribution in [0.5, 0.6) is 0 Å². The van der Waals surface area contributed by atoms with Crippen molar-refractivity contribution < 1.29 is 4.42 Å². The minimum atomic E-state index is 0.00994. The van der Waals surface area contributed by atoms with Gasteiger partial charge in [-0.2, -0.15) is 4.99 Å². The molecule has 2 aromatic heterocycles. The van der Waals surface area contributed by atoms with Crippen molar-refractivity contribution in [3.05, 3.63) is 23.3 Å². The molecular weight excluding hydrogens is 310 g/mol. The average molecular weight is 335 g/mol. The Morgan fingerprint density at radius 2 is 2.13 bits per heavy atom. The van der Waals surface area contributed by atoms with E-state index in [0.717, 1.165) is 30.3 Å². The maximum absolute atomic E-state index is 5.88. The molecule has 126 valence electrons. The maximum Gasteiger partial charge on any atom is 0.212 e. The van der Waals surface area contributed by atoms with Gasteiger partial charge < -0.3 is 15.9 Å². The van der Waals surface area contributed by atoms with Crippen LogP contribution in [0.15, 0.2) is 26.9 Å². The van der Waals surface area contributed by atoms with Crippen LogP contribution in [0.3, 0.4) is 0 Å². The van der Waals surface area contributed by atoms with Crippen LogP contribution in [0.2, 0.25) is 0 Å². The third-order valence-corrected chi connectivity index (χ3v) is 4.18. The number of hydrogen-bond acceptors (Lipinski definition) is 5. The number of hydrogen-bond donors (Lipinski definition) is 2. The van der Waals surface area contributed by atoms with Gasteiger partial charge in [0.2, 0.25) is 5.13 Å². The minimum Gasteiger partial charge on any atom is -0.458 e. The summed E-state index contributed by atoms with van der Waals surface area (Å²) in [5, 5.41) is 2.42. The number of unbranched alkanes of at least 4 members (excludes halogenated alkanes) is 3. The van der Waals surface area contributed by atoms with Crippen molar-refractivity contribution in [3.63, 3.8) is 0 Å².